The number of nitrogens with zero attached hydrogens (tertiary/aromatic N) is 2. The van der Waals surface area contributed by atoms with E-state index in [9.17, 15) is 26.4 Å². The first-order valence-corrected chi connectivity index (χ1v) is 9.94. The smallest absolute Gasteiger partial charge is 0.325 e. The van der Waals surface area contributed by atoms with E-state index < -0.39 is 27.7 Å². The van der Waals surface area contributed by atoms with Gasteiger partial charge in [0.15, 0.2) is 0 Å². The third-order valence-corrected chi connectivity index (χ3v) is 5.78. The minimum absolute atomic E-state index is 0.0472. The van der Waals surface area contributed by atoms with Gasteiger partial charge in [0.25, 0.3) is 0 Å². The van der Waals surface area contributed by atoms with Gasteiger partial charge in [-0.15, -0.1) is 0 Å². The molecule has 146 valence electrons. The van der Waals surface area contributed by atoms with E-state index in [4.69, 9.17) is 0 Å². The van der Waals surface area contributed by atoms with Crippen molar-refractivity contribution in [2.75, 3.05) is 38.3 Å². The SMILES string of the molecule is CN(C1CCN(CC(=O)Nc2cccc(C(F)(F)F)c2)CC1)S(C)(=O)=O. The summed E-state index contributed by atoms with van der Waals surface area (Å²) in [7, 11) is -1.72. The normalized spacial score (nSPS) is 17.5. The summed E-state index contributed by atoms with van der Waals surface area (Å²) in [5, 5.41) is 2.47. The van der Waals surface area contributed by atoms with Crippen LogP contribution in [-0.2, 0) is 21.0 Å². The number of alkyl halides is 3. The fourth-order valence-corrected chi connectivity index (χ4v) is 3.64. The fraction of sp³-hybridized carbons (Fsp3) is 0.562. The van der Waals surface area contributed by atoms with Crippen molar-refractivity contribution in [3.05, 3.63) is 29.8 Å². The first-order chi connectivity index (χ1) is 12.0. The number of amides is 1. The zero-order chi connectivity index (χ0) is 19.5. The number of halogens is 3. The number of sulfonamides is 1. The first-order valence-electron chi connectivity index (χ1n) is 8.09. The monoisotopic (exact) mass is 393 g/mol. The van der Waals surface area contributed by atoms with E-state index in [-0.39, 0.29) is 18.3 Å². The van der Waals surface area contributed by atoms with Crippen LogP contribution in [0.1, 0.15) is 18.4 Å². The maximum absolute atomic E-state index is 12.7. The van der Waals surface area contributed by atoms with Gasteiger partial charge in [0.1, 0.15) is 0 Å². The lowest BCUT2D eigenvalue weighted by atomic mass is 10.1. The summed E-state index contributed by atoms with van der Waals surface area (Å²) in [5.74, 6) is -0.403. The molecule has 6 nitrogen and oxygen atoms in total. The van der Waals surface area contributed by atoms with Gasteiger partial charge in [0.05, 0.1) is 18.4 Å². The van der Waals surface area contributed by atoms with Crippen LogP contribution in [0.3, 0.4) is 0 Å². The molecule has 0 saturated carbocycles. The van der Waals surface area contributed by atoms with Crippen molar-refractivity contribution >= 4 is 21.6 Å². The molecule has 1 aromatic rings. The number of anilines is 1. The van der Waals surface area contributed by atoms with Gasteiger partial charge in [-0.1, -0.05) is 6.07 Å². The number of piperidine rings is 1. The van der Waals surface area contributed by atoms with Gasteiger partial charge in [-0.2, -0.15) is 13.2 Å². The molecule has 1 aromatic carbocycles. The van der Waals surface area contributed by atoms with E-state index in [1.165, 1.54) is 23.5 Å². The number of nitrogens with one attached hydrogen (secondary N) is 1. The Hall–Kier alpha value is -1.65. The molecular weight excluding hydrogens is 371 g/mol. The maximum Gasteiger partial charge on any atom is 0.416 e. The van der Waals surface area contributed by atoms with Crippen LogP contribution in [0.4, 0.5) is 18.9 Å². The number of likely N-dealkylation sites (tertiary alicyclic amines) is 1. The van der Waals surface area contributed by atoms with Crippen molar-refractivity contribution in [1.82, 2.24) is 9.21 Å². The Balaban J connectivity index is 1.86. The first kappa shape index (κ1) is 20.7. The quantitative estimate of drug-likeness (QED) is 0.831. The van der Waals surface area contributed by atoms with Crippen molar-refractivity contribution in [3.63, 3.8) is 0 Å². The van der Waals surface area contributed by atoms with E-state index >= 15 is 0 Å². The summed E-state index contributed by atoms with van der Waals surface area (Å²) in [6.07, 6.45) is -2.11. The summed E-state index contributed by atoms with van der Waals surface area (Å²) in [6.45, 7) is 1.13. The van der Waals surface area contributed by atoms with Crippen molar-refractivity contribution in [2.24, 2.45) is 0 Å². The van der Waals surface area contributed by atoms with Crippen LogP contribution in [0.2, 0.25) is 0 Å². The molecule has 1 saturated heterocycles. The van der Waals surface area contributed by atoms with Gasteiger partial charge in [-0.3, -0.25) is 9.69 Å². The van der Waals surface area contributed by atoms with Crippen LogP contribution < -0.4 is 5.32 Å². The minimum atomic E-state index is -4.46. The van der Waals surface area contributed by atoms with E-state index in [2.05, 4.69) is 5.32 Å². The van der Waals surface area contributed by atoms with Crippen LogP contribution >= 0.6 is 0 Å². The highest BCUT2D eigenvalue weighted by Crippen LogP contribution is 2.30. The Morgan fingerprint density at radius 2 is 1.92 bits per heavy atom. The van der Waals surface area contributed by atoms with E-state index in [0.717, 1.165) is 18.4 Å². The Bertz CT molecular complexity index is 745. The molecule has 1 fully saturated rings. The summed E-state index contributed by atoms with van der Waals surface area (Å²) in [4.78, 5) is 13.9. The highest BCUT2D eigenvalue weighted by molar-refractivity contribution is 7.88. The predicted molar refractivity (Wildman–Crippen MR) is 92.1 cm³/mol. The average molecular weight is 393 g/mol. The number of carbonyl (C=O) groups is 1. The highest BCUT2D eigenvalue weighted by atomic mass is 32.2. The molecule has 0 aromatic heterocycles. The molecule has 0 spiro atoms. The van der Waals surface area contributed by atoms with E-state index in [1.54, 1.807) is 0 Å². The second kappa shape index (κ2) is 7.93. The van der Waals surface area contributed by atoms with Crippen molar-refractivity contribution < 1.29 is 26.4 Å². The van der Waals surface area contributed by atoms with Crippen LogP contribution in [0.5, 0.6) is 0 Å². The molecule has 1 heterocycles. The molecule has 1 aliphatic rings. The largest absolute Gasteiger partial charge is 0.416 e. The van der Waals surface area contributed by atoms with Crippen molar-refractivity contribution in [2.45, 2.75) is 25.1 Å². The lowest BCUT2D eigenvalue weighted by molar-refractivity contribution is -0.137. The van der Waals surface area contributed by atoms with E-state index in [0.29, 0.717) is 25.9 Å². The van der Waals surface area contributed by atoms with Crippen molar-refractivity contribution in [1.29, 1.82) is 0 Å². The number of benzene rings is 1. The average Bonchev–Trinajstić information content (AvgIpc) is 2.53. The third kappa shape index (κ3) is 5.68. The lowest BCUT2D eigenvalue weighted by Gasteiger charge is -2.35. The summed E-state index contributed by atoms with van der Waals surface area (Å²) in [5.41, 5.74) is -0.726. The molecule has 0 atom stereocenters. The Morgan fingerprint density at radius 1 is 1.31 bits per heavy atom. The number of hydrogen-bond donors (Lipinski definition) is 1. The van der Waals surface area contributed by atoms with E-state index in [1.807, 2.05) is 4.90 Å². The van der Waals surface area contributed by atoms with Crippen molar-refractivity contribution in [3.8, 4) is 0 Å². The minimum Gasteiger partial charge on any atom is -0.325 e. The zero-order valence-corrected chi connectivity index (χ0v) is 15.4. The molecular formula is C16H22F3N3O3S. The molecule has 0 bridgehead atoms. The Kier molecular flexibility index (Phi) is 6.30. The van der Waals surface area contributed by atoms with Crippen LogP contribution in [0.25, 0.3) is 0 Å². The molecule has 2 rings (SSSR count). The zero-order valence-electron chi connectivity index (χ0n) is 14.6. The van der Waals surface area contributed by atoms with Gasteiger partial charge in [0, 0.05) is 31.9 Å². The second-order valence-electron chi connectivity index (χ2n) is 6.41. The fourth-order valence-electron chi connectivity index (χ4n) is 2.89. The number of hydrogen-bond acceptors (Lipinski definition) is 4. The summed E-state index contributed by atoms with van der Waals surface area (Å²) < 4.78 is 62.5. The van der Waals surface area contributed by atoms with Gasteiger partial charge in [-0.05, 0) is 31.0 Å². The number of carbonyl (C=O) groups excluding carboxylic acids is 1. The Morgan fingerprint density at radius 3 is 2.46 bits per heavy atom. The molecule has 0 aliphatic carbocycles. The van der Waals surface area contributed by atoms with Crippen LogP contribution in [-0.4, -0.2) is 62.5 Å². The van der Waals surface area contributed by atoms with Crippen LogP contribution in [0.15, 0.2) is 24.3 Å². The molecule has 1 N–H and O–H groups in total. The lowest BCUT2D eigenvalue weighted by Crippen LogP contribution is -2.47. The van der Waals surface area contributed by atoms with Crippen LogP contribution in [0, 0.1) is 0 Å². The van der Waals surface area contributed by atoms with Gasteiger partial charge >= 0.3 is 6.18 Å². The molecule has 0 unspecified atom stereocenters. The second-order valence-corrected chi connectivity index (χ2v) is 8.46. The third-order valence-electron chi connectivity index (χ3n) is 4.44. The molecule has 26 heavy (non-hydrogen) atoms. The molecule has 0 radical (unpaired) electrons. The van der Waals surface area contributed by atoms with Gasteiger partial charge < -0.3 is 5.32 Å². The molecule has 1 amide bonds. The summed E-state index contributed by atoms with van der Waals surface area (Å²) in [6, 6.07) is 4.38. The molecule has 1 aliphatic heterocycles. The maximum atomic E-state index is 12.7. The summed E-state index contributed by atoms with van der Waals surface area (Å²) >= 11 is 0. The topological polar surface area (TPSA) is 69.7 Å². The van der Waals surface area contributed by atoms with Gasteiger partial charge in [-0.25, -0.2) is 12.7 Å². The predicted octanol–water partition coefficient (Wildman–Crippen LogP) is 2.00. The standard InChI is InChI=1S/C16H22F3N3O3S/c1-21(26(2,24)25)14-6-8-22(9-7-14)11-15(23)20-13-5-3-4-12(10-13)16(17,18)19/h3-5,10,14H,6-9,11H2,1-2H3,(H,20,23). The highest BCUT2D eigenvalue weighted by Gasteiger charge is 2.31. The molecule has 10 heteroatoms. The Labute approximate surface area is 151 Å². The number of rotatable bonds is 5. The van der Waals surface area contributed by atoms with Gasteiger partial charge in [0.2, 0.25) is 15.9 Å².